The molecule has 4 nitrogen and oxygen atoms in total. The van der Waals surface area contributed by atoms with Gasteiger partial charge in [-0.2, -0.15) is 0 Å². The van der Waals surface area contributed by atoms with Crippen molar-refractivity contribution >= 4 is 11.7 Å². The average Bonchev–Trinajstić information content (AvgIpc) is 2.47. The molecule has 2 N–H and O–H groups in total. The Labute approximate surface area is 122 Å². The van der Waals surface area contributed by atoms with Crippen molar-refractivity contribution in [3.63, 3.8) is 0 Å². The van der Waals surface area contributed by atoms with Gasteiger partial charge < -0.3 is 10.6 Å². The molecule has 1 aromatic rings. The smallest absolute Gasteiger partial charge is 0.251 e. The summed E-state index contributed by atoms with van der Waals surface area (Å²) in [6.07, 6.45) is 2.98. The molecule has 0 spiro atoms. The maximum Gasteiger partial charge on any atom is 0.251 e. The van der Waals surface area contributed by atoms with E-state index >= 15 is 0 Å². The second-order valence-corrected chi connectivity index (χ2v) is 5.17. The first-order valence-corrected chi connectivity index (χ1v) is 7.55. The maximum absolute atomic E-state index is 12.4. The number of nitrogens with zero attached hydrogens (tertiary/aromatic N) is 1. The molecule has 0 aromatic carbocycles. The first-order valence-electron chi connectivity index (χ1n) is 7.55. The third-order valence-corrected chi connectivity index (χ3v) is 3.87. The highest BCUT2D eigenvalue weighted by atomic mass is 16.1. The van der Waals surface area contributed by atoms with Gasteiger partial charge in [0, 0.05) is 24.3 Å². The summed E-state index contributed by atoms with van der Waals surface area (Å²) < 4.78 is 0. The van der Waals surface area contributed by atoms with Gasteiger partial charge in [0.15, 0.2) is 0 Å². The highest BCUT2D eigenvalue weighted by Gasteiger charge is 2.17. The largest absolute Gasteiger partial charge is 0.373 e. The Bertz CT molecular complexity index is 419. The minimum absolute atomic E-state index is 0.0157. The molecule has 0 saturated heterocycles. The lowest BCUT2D eigenvalue weighted by atomic mass is 9.95. The third kappa shape index (κ3) is 4.22. The summed E-state index contributed by atoms with van der Waals surface area (Å²) in [5, 5.41) is 6.11. The molecule has 4 heteroatoms. The van der Waals surface area contributed by atoms with Gasteiger partial charge in [-0.1, -0.05) is 33.6 Å². The van der Waals surface area contributed by atoms with Crippen LogP contribution in [0.25, 0.3) is 0 Å². The number of aryl methyl sites for hydroxylation is 1. The van der Waals surface area contributed by atoms with Crippen LogP contribution >= 0.6 is 0 Å². The molecular formula is C16H27N3O. The van der Waals surface area contributed by atoms with Crippen LogP contribution in [0.4, 0.5) is 5.82 Å². The standard InChI is InChI=1S/C16H27N3O/c1-6-12(7-2)11(4)18-16(20)13-9-14(8-3)19-15(10-13)17-5/h9-12H,6-8H2,1-5H3,(H,17,19)(H,18,20). The van der Waals surface area contributed by atoms with Crippen LogP contribution in [0.1, 0.15) is 56.6 Å². The van der Waals surface area contributed by atoms with E-state index in [1.165, 1.54) is 0 Å². The van der Waals surface area contributed by atoms with Crippen molar-refractivity contribution in [3.8, 4) is 0 Å². The molecule has 0 aliphatic carbocycles. The molecule has 20 heavy (non-hydrogen) atoms. The van der Waals surface area contributed by atoms with Gasteiger partial charge in [0.2, 0.25) is 0 Å². The van der Waals surface area contributed by atoms with Crippen molar-refractivity contribution in [3.05, 3.63) is 23.4 Å². The Kier molecular flexibility index (Phi) is 6.49. The minimum Gasteiger partial charge on any atom is -0.373 e. The summed E-state index contributed by atoms with van der Waals surface area (Å²) >= 11 is 0. The topological polar surface area (TPSA) is 54.0 Å². The third-order valence-electron chi connectivity index (χ3n) is 3.87. The molecule has 0 aliphatic rings. The Morgan fingerprint density at radius 2 is 1.90 bits per heavy atom. The van der Waals surface area contributed by atoms with Crippen molar-refractivity contribution in [2.75, 3.05) is 12.4 Å². The fourth-order valence-electron chi connectivity index (χ4n) is 2.43. The molecule has 1 unspecified atom stereocenters. The number of nitrogens with one attached hydrogen (secondary N) is 2. The van der Waals surface area contributed by atoms with Crippen molar-refractivity contribution in [2.45, 2.75) is 53.0 Å². The second kappa shape index (κ2) is 7.88. The number of hydrogen-bond acceptors (Lipinski definition) is 3. The molecule has 0 bridgehead atoms. The Morgan fingerprint density at radius 1 is 1.25 bits per heavy atom. The Hall–Kier alpha value is -1.58. The zero-order valence-corrected chi connectivity index (χ0v) is 13.3. The van der Waals surface area contributed by atoms with Crippen molar-refractivity contribution in [2.24, 2.45) is 5.92 Å². The van der Waals surface area contributed by atoms with Gasteiger partial charge >= 0.3 is 0 Å². The Balaban J connectivity index is 2.86. The molecule has 112 valence electrons. The summed E-state index contributed by atoms with van der Waals surface area (Å²) in [5.41, 5.74) is 1.61. The maximum atomic E-state index is 12.4. The molecule has 0 fully saturated rings. The normalized spacial score (nSPS) is 12.3. The Morgan fingerprint density at radius 3 is 2.40 bits per heavy atom. The molecular weight excluding hydrogens is 250 g/mol. The number of pyridine rings is 1. The SMILES string of the molecule is CCc1cc(C(=O)NC(C)C(CC)CC)cc(NC)n1. The van der Waals surface area contributed by atoms with Crippen LogP contribution < -0.4 is 10.6 Å². The molecule has 1 atom stereocenters. The molecule has 0 radical (unpaired) electrons. The van der Waals surface area contributed by atoms with E-state index in [0.29, 0.717) is 11.5 Å². The van der Waals surface area contributed by atoms with E-state index in [2.05, 4.69) is 36.4 Å². The lowest BCUT2D eigenvalue weighted by molar-refractivity contribution is 0.0925. The van der Waals surface area contributed by atoms with Crippen molar-refractivity contribution < 1.29 is 4.79 Å². The van der Waals surface area contributed by atoms with E-state index in [1.807, 2.05) is 20.0 Å². The zero-order valence-electron chi connectivity index (χ0n) is 13.3. The molecule has 1 aromatic heterocycles. The highest BCUT2D eigenvalue weighted by molar-refractivity contribution is 5.95. The molecule has 1 heterocycles. The van der Waals surface area contributed by atoms with Crippen LogP contribution in [0, 0.1) is 5.92 Å². The molecule has 1 rings (SSSR count). The van der Waals surface area contributed by atoms with E-state index in [1.54, 1.807) is 6.07 Å². The number of anilines is 1. The van der Waals surface area contributed by atoms with Crippen LogP contribution in [0.3, 0.4) is 0 Å². The lowest BCUT2D eigenvalue weighted by Gasteiger charge is -2.22. The minimum atomic E-state index is -0.0157. The quantitative estimate of drug-likeness (QED) is 0.804. The summed E-state index contributed by atoms with van der Waals surface area (Å²) in [6.45, 7) is 8.45. The van der Waals surface area contributed by atoms with Gasteiger partial charge in [-0.15, -0.1) is 0 Å². The second-order valence-electron chi connectivity index (χ2n) is 5.17. The van der Waals surface area contributed by atoms with Crippen LogP contribution in [0.2, 0.25) is 0 Å². The number of rotatable bonds is 7. The molecule has 0 aliphatic heterocycles. The fourth-order valence-corrected chi connectivity index (χ4v) is 2.43. The van der Waals surface area contributed by atoms with Gasteiger partial charge in [-0.25, -0.2) is 4.98 Å². The average molecular weight is 277 g/mol. The predicted octanol–water partition coefficient (Wildman–Crippen LogP) is 3.24. The van der Waals surface area contributed by atoms with Crippen LogP contribution in [0.5, 0.6) is 0 Å². The number of hydrogen-bond donors (Lipinski definition) is 2. The van der Waals surface area contributed by atoms with Gasteiger partial charge in [0.25, 0.3) is 5.91 Å². The lowest BCUT2D eigenvalue weighted by Crippen LogP contribution is -2.37. The van der Waals surface area contributed by atoms with Crippen LogP contribution in [0.15, 0.2) is 12.1 Å². The van der Waals surface area contributed by atoms with E-state index in [9.17, 15) is 4.79 Å². The number of amides is 1. The van der Waals surface area contributed by atoms with Gasteiger partial charge in [-0.05, 0) is 31.4 Å². The first-order chi connectivity index (χ1) is 9.55. The number of carbonyl (C=O) groups is 1. The van der Waals surface area contributed by atoms with Gasteiger partial charge in [-0.3, -0.25) is 4.79 Å². The van der Waals surface area contributed by atoms with Crippen LogP contribution in [-0.4, -0.2) is 24.0 Å². The van der Waals surface area contributed by atoms with Crippen LogP contribution in [-0.2, 0) is 6.42 Å². The summed E-state index contributed by atoms with van der Waals surface area (Å²) in [4.78, 5) is 16.8. The van der Waals surface area contributed by atoms with E-state index < -0.39 is 0 Å². The first kappa shape index (κ1) is 16.5. The predicted molar refractivity (Wildman–Crippen MR) is 84.2 cm³/mol. The van der Waals surface area contributed by atoms with E-state index in [-0.39, 0.29) is 11.9 Å². The number of carbonyl (C=O) groups excluding carboxylic acids is 1. The summed E-state index contributed by atoms with van der Waals surface area (Å²) in [7, 11) is 1.82. The van der Waals surface area contributed by atoms with E-state index in [0.717, 1.165) is 30.8 Å². The monoisotopic (exact) mass is 277 g/mol. The van der Waals surface area contributed by atoms with Crippen molar-refractivity contribution in [1.82, 2.24) is 10.3 Å². The highest BCUT2D eigenvalue weighted by Crippen LogP contribution is 2.15. The fraction of sp³-hybridized carbons (Fsp3) is 0.625. The van der Waals surface area contributed by atoms with Crippen molar-refractivity contribution in [1.29, 1.82) is 0 Å². The van der Waals surface area contributed by atoms with E-state index in [4.69, 9.17) is 0 Å². The van der Waals surface area contributed by atoms with Gasteiger partial charge in [0.05, 0.1) is 0 Å². The number of aromatic nitrogens is 1. The summed E-state index contributed by atoms with van der Waals surface area (Å²) in [5.74, 6) is 1.25. The van der Waals surface area contributed by atoms with Gasteiger partial charge in [0.1, 0.15) is 5.82 Å². The summed E-state index contributed by atoms with van der Waals surface area (Å²) in [6, 6.07) is 3.86. The molecule has 0 saturated carbocycles. The zero-order chi connectivity index (χ0) is 15.1. The molecule has 1 amide bonds.